The van der Waals surface area contributed by atoms with Crippen LogP contribution in [-0.2, 0) is 16.1 Å². The highest BCUT2D eigenvalue weighted by Crippen LogP contribution is 2.15. The molecule has 0 radical (unpaired) electrons. The van der Waals surface area contributed by atoms with Gasteiger partial charge in [-0.1, -0.05) is 30.7 Å². The Bertz CT molecular complexity index is 535. The van der Waals surface area contributed by atoms with Gasteiger partial charge in [0.25, 0.3) is 0 Å². The van der Waals surface area contributed by atoms with Crippen molar-refractivity contribution in [3.63, 3.8) is 0 Å². The Morgan fingerprint density at radius 3 is 2.26 bits per heavy atom. The lowest BCUT2D eigenvalue weighted by atomic mass is 10.1. The number of carbonyl (C=O) groups is 2. The molecule has 0 spiro atoms. The number of hydrogen-bond donors (Lipinski definition) is 1. The van der Waals surface area contributed by atoms with Crippen LogP contribution in [-0.4, -0.2) is 28.3 Å². The summed E-state index contributed by atoms with van der Waals surface area (Å²) < 4.78 is 0. The molecule has 0 aromatic heterocycles. The number of halogens is 1. The maximum Gasteiger partial charge on any atom is 0.242 e. The molecule has 23 heavy (non-hydrogen) atoms. The molecule has 1 aromatic carbocycles. The molecule has 1 N–H and O–H groups in total. The van der Waals surface area contributed by atoms with Crippen LogP contribution in [0.15, 0.2) is 24.3 Å². The van der Waals surface area contributed by atoms with E-state index in [1.165, 1.54) is 0 Å². The normalized spacial score (nSPS) is 12.6. The summed E-state index contributed by atoms with van der Waals surface area (Å²) in [7, 11) is 0. The van der Waals surface area contributed by atoms with Crippen molar-refractivity contribution >= 4 is 23.4 Å². The molecule has 0 saturated heterocycles. The van der Waals surface area contributed by atoms with Crippen LogP contribution in [0.5, 0.6) is 0 Å². The molecule has 0 saturated carbocycles. The zero-order valence-corrected chi connectivity index (χ0v) is 15.4. The molecule has 0 bridgehead atoms. The monoisotopic (exact) mass is 338 g/mol. The highest BCUT2D eigenvalue weighted by atomic mass is 35.5. The number of nitrogens with zero attached hydrogens (tertiary/aromatic N) is 1. The Balaban J connectivity index is 2.93. The van der Waals surface area contributed by atoms with Crippen molar-refractivity contribution in [1.82, 2.24) is 10.2 Å². The standard InChI is InChI=1S/C18H27ClN2O2/c1-6-7-16(22)21(12-14-8-10-15(19)11-9-14)13(2)17(23)20-18(3,4)5/h8-11,13H,6-7,12H2,1-5H3,(H,20,23)/t13-/m1/s1. The van der Waals surface area contributed by atoms with E-state index in [1.54, 1.807) is 24.0 Å². The van der Waals surface area contributed by atoms with Gasteiger partial charge in [-0.25, -0.2) is 0 Å². The third-order valence-electron chi connectivity index (χ3n) is 3.40. The number of benzene rings is 1. The Morgan fingerprint density at radius 1 is 1.22 bits per heavy atom. The Morgan fingerprint density at radius 2 is 1.78 bits per heavy atom. The molecular formula is C18H27ClN2O2. The van der Waals surface area contributed by atoms with Gasteiger partial charge in [0.2, 0.25) is 11.8 Å². The smallest absolute Gasteiger partial charge is 0.242 e. The zero-order valence-electron chi connectivity index (χ0n) is 14.6. The fraction of sp³-hybridized carbons (Fsp3) is 0.556. The van der Waals surface area contributed by atoms with Gasteiger partial charge < -0.3 is 10.2 Å². The first-order valence-electron chi connectivity index (χ1n) is 8.00. The molecule has 128 valence electrons. The number of nitrogens with one attached hydrogen (secondary N) is 1. The van der Waals surface area contributed by atoms with Crippen molar-refractivity contribution < 1.29 is 9.59 Å². The second kappa shape index (κ2) is 8.34. The molecule has 0 fully saturated rings. The van der Waals surface area contributed by atoms with Gasteiger partial charge in [-0.05, 0) is 51.8 Å². The minimum atomic E-state index is -0.524. The summed E-state index contributed by atoms with van der Waals surface area (Å²) in [5.41, 5.74) is 0.625. The predicted molar refractivity (Wildman–Crippen MR) is 94.3 cm³/mol. The van der Waals surface area contributed by atoms with E-state index in [4.69, 9.17) is 11.6 Å². The van der Waals surface area contributed by atoms with Crippen molar-refractivity contribution in [1.29, 1.82) is 0 Å². The van der Waals surface area contributed by atoms with Crippen LogP contribution in [0.2, 0.25) is 5.02 Å². The lowest BCUT2D eigenvalue weighted by molar-refractivity contribution is -0.141. The summed E-state index contributed by atoms with van der Waals surface area (Å²) in [4.78, 5) is 26.5. The van der Waals surface area contributed by atoms with Crippen molar-refractivity contribution in [2.75, 3.05) is 0 Å². The number of amides is 2. The quantitative estimate of drug-likeness (QED) is 0.858. The van der Waals surface area contributed by atoms with Crippen LogP contribution in [0.4, 0.5) is 0 Å². The van der Waals surface area contributed by atoms with Gasteiger partial charge in [0.15, 0.2) is 0 Å². The highest BCUT2D eigenvalue weighted by molar-refractivity contribution is 6.30. The predicted octanol–water partition coefficient (Wildman–Crippen LogP) is 3.77. The Labute approximate surface area is 144 Å². The number of rotatable bonds is 6. The zero-order chi connectivity index (χ0) is 17.6. The van der Waals surface area contributed by atoms with E-state index in [1.807, 2.05) is 39.8 Å². The van der Waals surface area contributed by atoms with Crippen molar-refractivity contribution in [2.45, 2.75) is 65.6 Å². The van der Waals surface area contributed by atoms with E-state index < -0.39 is 6.04 Å². The van der Waals surface area contributed by atoms with E-state index in [0.29, 0.717) is 18.0 Å². The van der Waals surface area contributed by atoms with Crippen LogP contribution in [0.1, 0.15) is 53.0 Å². The minimum absolute atomic E-state index is 0.0148. The molecule has 1 atom stereocenters. The van der Waals surface area contributed by atoms with Crippen molar-refractivity contribution in [3.05, 3.63) is 34.9 Å². The Hall–Kier alpha value is -1.55. The van der Waals surface area contributed by atoms with E-state index in [9.17, 15) is 9.59 Å². The average molecular weight is 339 g/mol. The third-order valence-corrected chi connectivity index (χ3v) is 3.65. The summed E-state index contributed by atoms with van der Waals surface area (Å²) in [5, 5.41) is 3.59. The molecule has 0 aliphatic heterocycles. The van der Waals surface area contributed by atoms with Crippen LogP contribution in [0, 0.1) is 0 Å². The van der Waals surface area contributed by atoms with Gasteiger partial charge in [0.05, 0.1) is 0 Å². The van der Waals surface area contributed by atoms with E-state index in [-0.39, 0.29) is 17.4 Å². The van der Waals surface area contributed by atoms with Gasteiger partial charge >= 0.3 is 0 Å². The van der Waals surface area contributed by atoms with Crippen LogP contribution in [0.3, 0.4) is 0 Å². The maximum atomic E-state index is 12.4. The molecule has 0 aliphatic carbocycles. The van der Waals surface area contributed by atoms with Gasteiger partial charge in [0.1, 0.15) is 6.04 Å². The molecule has 4 nitrogen and oxygen atoms in total. The molecule has 5 heteroatoms. The molecule has 0 heterocycles. The lowest BCUT2D eigenvalue weighted by Gasteiger charge is -2.31. The fourth-order valence-corrected chi connectivity index (χ4v) is 2.33. The minimum Gasteiger partial charge on any atom is -0.350 e. The van der Waals surface area contributed by atoms with Crippen LogP contribution in [0.25, 0.3) is 0 Å². The average Bonchev–Trinajstić information content (AvgIpc) is 2.44. The van der Waals surface area contributed by atoms with Crippen LogP contribution < -0.4 is 5.32 Å². The lowest BCUT2D eigenvalue weighted by Crippen LogP contribution is -2.52. The largest absolute Gasteiger partial charge is 0.350 e. The second-order valence-electron chi connectivity index (χ2n) is 6.81. The molecule has 0 aliphatic rings. The molecule has 2 amide bonds. The van der Waals surface area contributed by atoms with Gasteiger partial charge in [-0.3, -0.25) is 9.59 Å². The maximum absolute atomic E-state index is 12.4. The summed E-state index contributed by atoms with van der Waals surface area (Å²) in [6.45, 7) is 9.90. The van der Waals surface area contributed by atoms with E-state index >= 15 is 0 Å². The first-order chi connectivity index (χ1) is 10.6. The number of hydrogen-bond acceptors (Lipinski definition) is 2. The summed E-state index contributed by atoms with van der Waals surface area (Å²) >= 11 is 5.90. The van der Waals surface area contributed by atoms with Crippen LogP contribution >= 0.6 is 11.6 Å². The molecule has 1 aromatic rings. The summed E-state index contributed by atoms with van der Waals surface area (Å²) in [5.74, 6) is -0.157. The first-order valence-corrected chi connectivity index (χ1v) is 8.37. The third kappa shape index (κ3) is 6.61. The van der Waals surface area contributed by atoms with Gasteiger partial charge in [-0.2, -0.15) is 0 Å². The topological polar surface area (TPSA) is 49.4 Å². The SMILES string of the molecule is CCCC(=O)N(Cc1ccc(Cl)cc1)[C@H](C)C(=O)NC(C)(C)C. The molecule has 1 rings (SSSR count). The highest BCUT2D eigenvalue weighted by Gasteiger charge is 2.27. The van der Waals surface area contributed by atoms with Gasteiger partial charge in [0, 0.05) is 23.5 Å². The Kier molecular flexibility index (Phi) is 7.07. The fourth-order valence-electron chi connectivity index (χ4n) is 2.20. The van der Waals surface area contributed by atoms with E-state index in [2.05, 4.69) is 5.32 Å². The molecule has 0 unspecified atom stereocenters. The van der Waals surface area contributed by atoms with E-state index in [0.717, 1.165) is 12.0 Å². The summed E-state index contributed by atoms with van der Waals surface area (Å²) in [6, 6.07) is 6.81. The van der Waals surface area contributed by atoms with Crippen molar-refractivity contribution in [2.24, 2.45) is 0 Å². The molecular weight excluding hydrogens is 312 g/mol. The van der Waals surface area contributed by atoms with Crippen molar-refractivity contribution in [3.8, 4) is 0 Å². The van der Waals surface area contributed by atoms with Gasteiger partial charge in [-0.15, -0.1) is 0 Å². The second-order valence-corrected chi connectivity index (χ2v) is 7.25. The number of carbonyl (C=O) groups excluding carboxylic acids is 2. The first kappa shape index (κ1) is 19.5. The summed E-state index contributed by atoms with van der Waals surface area (Å²) in [6.07, 6.45) is 1.18.